The van der Waals surface area contributed by atoms with E-state index in [4.69, 9.17) is 0 Å². The molecule has 0 saturated carbocycles. The molecule has 11 heavy (non-hydrogen) atoms. The van der Waals surface area contributed by atoms with Crippen LogP contribution in [0.1, 0.15) is 39.5 Å². The van der Waals surface area contributed by atoms with Gasteiger partial charge in [-0.25, -0.2) is 0 Å². The van der Waals surface area contributed by atoms with Gasteiger partial charge in [-0.1, -0.05) is 26.3 Å². The van der Waals surface area contributed by atoms with Crippen LogP contribution in [0.3, 0.4) is 0 Å². The summed E-state index contributed by atoms with van der Waals surface area (Å²) in [6.07, 6.45) is 4.14. The first-order valence-corrected chi connectivity index (χ1v) is 4.29. The molecule has 0 heterocycles. The van der Waals surface area contributed by atoms with E-state index in [1.165, 1.54) is 12.8 Å². The highest BCUT2D eigenvalue weighted by molar-refractivity contribution is 5.03. The van der Waals surface area contributed by atoms with Crippen LogP contribution in [0.5, 0.6) is 0 Å². The Labute approximate surface area is 69.4 Å². The average Bonchev–Trinajstić information content (AvgIpc) is 1.97. The van der Waals surface area contributed by atoms with E-state index in [0.717, 1.165) is 18.4 Å². The number of unbranched alkanes of at least 4 members (excludes halogenated alkanes) is 2. The van der Waals surface area contributed by atoms with E-state index >= 15 is 0 Å². The Hall–Kier alpha value is -0.520. The van der Waals surface area contributed by atoms with Crippen molar-refractivity contribution >= 4 is 0 Å². The Balaban J connectivity index is 3.64. The van der Waals surface area contributed by atoms with Gasteiger partial charge < -0.3 is 5.11 Å². The molecule has 0 spiro atoms. The first-order valence-electron chi connectivity index (χ1n) is 4.29. The van der Waals surface area contributed by atoms with Crippen molar-refractivity contribution in [3.8, 4) is 0 Å². The Morgan fingerprint density at radius 2 is 2.18 bits per heavy atom. The maximum atomic E-state index is 9.17. The van der Waals surface area contributed by atoms with Crippen LogP contribution < -0.4 is 0 Å². The van der Waals surface area contributed by atoms with Crippen molar-refractivity contribution in [3.63, 3.8) is 0 Å². The normalized spacial score (nSPS) is 12.3. The zero-order valence-electron chi connectivity index (χ0n) is 7.56. The summed E-state index contributed by atoms with van der Waals surface area (Å²) in [6, 6.07) is 0. The van der Waals surface area contributed by atoms with Crippen molar-refractivity contribution in [1.29, 1.82) is 0 Å². The monoisotopic (exact) mass is 154 g/mol. The molecule has 0 bridgehead atoms. The quantitative estimate of drug-likeness (QED) is 0.477. The highest BCUT2D eigenvalue weighted by Crippen LogP contribution is 2.10. The van der Waals surface area contributed by atoms with E-state index in [1.807, 2.05) is 0 Å². The van der Waals surface area contributed by atoms with Gasteiger partial charge >= 0.3 is 0 Å². The van der Waals surface area contributed by atoms with Crippen LogP contribution >= 0.6 is 0 Å². The predicted molar refractivity (Wildman–Crippen MR) is 48.5 cm³/mol. The molecular weight excluding hydrogens is 136 g/mol. The first-order chi connectivity index (χ1) is 5.22. The Bertz CT molecular complexity index is 141. The summed E-state index contributed by atoms with van der Waals surface area (Å²) >= 11 is 0. The fourth-order valence-corrected chi connectivity index (χ4v) is 1.01. The van der Waals surface area contributed by atoms with Crippen LogP contribution in [0.25, 0.3) is 0 Å². The lowest BCUT2D eigenvalue weighted by Crippen LogP contribution is -2.03. The standard InChI is InChI=1S/C10H18O/c1-4-6-7-8-10(5-2)9(3)11/h9,11H,2,4,6-8H2,1,3H3. The molecule has 0 fully saturated rings. The minimum Gasteiger partial charge on any atom is -0.388 e. The summed E-state index contributed by atoms with van der Waals surface area (Å²) in [5, 5.41) is 9.17. The van der Waals surface area contributed by atoms with Crippen LogP contribution in [0.4, 0.5) is 0 Å². The number of hydrogen-bond donors (Lipinski definition) is 1. The van der Waals surface area contributed by atoms with Gasteiger partial charge in [0.05, 0.1) is 6.10 Å². The van der Waals surface area contributed by atoms with Crippen molar-refractivity contribution in [3.05, 3.63) is 17.9 Å². The van der Waals surface area contributed by atoms with Crippen LogP contribution in [0.2, 0.25) is 0 Å². The van der Waals surface area contributed by atoms with Gasteiger partial charge in [-0.15, -0.1) is 5.73 Å². The van der Waals surface area contributed by atoms with Crippen LogP contribution in [0, 0.1) is 0 Å². The molecule has 0 saturated heterocycles. The smallest absolute Gasteiger partial charge is 0.0795 e. The fourth-order valence-electron chi connectivity index (χ4n) is 1.01. The number of aliphatic hydroxyl groups is 1. The van der Waals surface area contributed by atoms with Crippen molar-refractivity contribution in [2.45, 2.75) is 45.6 Å². The zero-order chi connectivity index (χ0) is 8.69. The second kappa shape index (κ2) is 6.21. The van der Waals surface area contributed by atoms with Gasteiger partial charge in [-0.05, 0) is 25.3 Å². The molecule has 0 amide bonds. The molecule has 64 valence electrons. The minimum atomic E-state index is -0.371. The fraction of sp³-hybridized carbons (Fsp3) is 0.700. The van der Waals surface area contributed by atoms with E-state index in [1.54, 1.807) is 6.92 Å². The third-order valence-electron chi connectivity index (χ3n) is 1.78. The van der Waals surface area contributed by atoms with Gasteiger partial charge in [-0.3, -0.25) is 0 Å². The number of aliphatic hydroxyl groups excluding tert-OH is 1. The number of rotatable bonds is 5. The molecule has 0 aromatic rings. The van der Waals surface area contributed by atoms with Crippen molar-refractivity contribution in [1.82, 2.24) is 0 Å². The van der Waals surface area contributed by atoms with Crippen molar-refractivity contribution in [2.75, 3.05) is 0 Å². The third-order valence-corrected chi connectivity index (χ3v) is 1.78. The molecular formula is C10H18O. The molecule has 0 radical (unpaired) electrons. The molecule has 0 aliphatic carbocycles. The molecule has 0 aliphatic heterocycles. The van der Waals surface area contributed by atoms with Crippen molar-refractivity contribution < 1.29 is 5.11 Å². The van der Waals surface area contributed by atoms with E-state index < -0.39 is 0 Å². The number of hydrogen-bond acceptors (Lipinski definition) is 1. The van der Waals surface area contributed by atoms with Crippen LogP contribution in [-0.4, -0.2) is 11.2 Å². The molecule has 1 nitrogen and oxygen atoms in total. The minimum absolute atomic E-state index is 0.371. The van der Waals surface area contributed by atoms with Gasteiger partial charge in [0, 0.05) is 0 Å². The highest BCUT2D eigenvalue weighted by atomic mass is 16.3. The lowest BCUT2D eigenvalue weighted by molar-refractivity contribution is 0.226. The topological polar surface area (TPSA) is 20.2 Å². The highest BCUT2D eigenvalue weighted by Gasteiger charge is 2.02. The first kappa shape index (κ1) is 10.5. The second-order valence-corrected chi connectivity index (χ2v) is 2.84. The van der Waals surface area contributed by atoms with Crippen LogP contribution in [0.15, 0.2) is 17.9 Å². The van der Waals surface area contributed by atoms with E-state index in [9.17, 15) is 5.11 Å². The summed E-state index contributed by atoms with van der Waals surface area (Å²) in [7, 11) is 0. The SMILES string of the molecule is C=C=C(CCCCC)C(C)O. The molecule has 1 unspecified atom stereocenters. The third kappa shape index (κ3) is 4.83. The Morgan fingerprint density at radius 3 is 2.55 bits per heavy atom. The molecule has 0 aromatic carbocycles. The van der Waals surface area contributed by atoms with E-state index in [0.29, 0.717) is 0 Å². The molecule has 1 atom stereocenters. The lowest BCUT2D eigenvalue weighted by atomic mass is 10.0. The van der Waals surface area contributed by atoms with Crippen molar-refractivity contribution in [2.24, 2.45) is 0 Å². The van der Waals surface area contributed by atoms with Gasteiger partial charge in [0.25, 0.3) is 0 Å². The Kier molecular flexibility index (Phi) is 5.91. The Morgan fingerprint density at radius 1 is 1.55 bits per heavy atom. The maximum Gasteiger partial charge on any atom is 0.0795 e. The van der Waals surface area contributed by atoms with Gasteiger partial charge in [0.1, 0.15) is 0 Å². The van der Waals surface area contributed by atoms with Gasteiger partial charge in [-0.2, -0.15) is 0 Å². The molecule has 0 aliphatic rings. The summed E-state index contributed by atoms with van der Waals surface area (Å²) in [6.45, 7) is 7.47. The van der Waals surface area contributed by atoms with Gasteiger partial charge in [0.15, 0.2) is 0 Å². The largest absolute Gasteiger partial charge is 0.388 e. The summed E-state index contributed by atoms with van der Waals surface area (Å²) in [4.78, 5) is 0. The summed E-state index contributed by atoms with van der Waals surface area (Å²) in [5.74, 6) is 0. The maximum absolute atomic E-state index is 9.17. The molecule has 0 rings (SSSR count). The van der Waals surface area contributed by atoms with E-state index in [-0.39, 0.29) is 6.10 Å². The summed E-state index contributed by atoms with van der Waals surface area (Å²) in [5.41, 5.74) is 3.72. The zero-order valence-corrected chi connectivity index (χ0v) is 7.56. The van der Waals surface area contributed by atoms with Gasteiger partial charge in [0.2, 0.25) is 0 Å². The average molecular weight is 154 g/mol. The van der Waals surface area contributed by atoms with E-state index in [2.05, 4.69) is 19.2 Å². The lowest BCUT2D eigenvalue weighted by Gasteiger charge is -2.06. The predicted octanol–water partition coefficient (Wildman–Crippen LogP) is 2.66. The molecule has 1 N–H and O–H groups in total. The second-order valence-electron chi connectivity index (χ2n) is 2.84. The summed E-state index contributed by atoms with van der Waals surface area (Å²) < 4.78 is 0. The molecule has 0 aromatic heterocycles. The molecule has 1 heteroatoms. The van der Waals surface area contributed by atoms with Crippen LogP contribution in [-0.2, 0) is 0 Å².